The normalized spacial score (nSPS) is 46.3. The SMILES string of the molecule is CC1(C)O[C@H]2[C@H](O)[C@@H](CO)NC[C@H]2O1. The second kappa shape index (κ2) is 3.43. The molecule has 2 aliphatic rings. The van der Waals surface area contributed by atoms with Crippen LogP contribution in [-0.2, 0) is 9.47 Å². The Labute approximate surface area is 83.0 Å². The van der Waals surface area contributed by atoms with Crippen LogP contribution in [0.1, 0.15) is 13.8 Å². The van der Waals surface area contributed by atoms with Crippen molar-refractivity contribution in [3.63, 3.8) is 0 Å². The van der Waals surface area contributed by atoms with Crippen LogP contribution in [-0.4, -0.2) is 53.5 Å². The van der Waals surface area contributed by atoms with E-state index in [0.29, 0.717) is 6.54 Å². The lowest BCUT2D eigenvalue weighted by molar-refractivity contribution is -0.154. The molecule has 0 bridgehead atoms. The molecule has 0 unspecified atom stereocenters. The van der Waals surface area contributed by atoms with Crippen LogP contribution in [0.5, 0.6) is 0 Å². The minimum absolute atomic E-state index is 0.0891. The standard InChI is InChI=1S/C9H17NO4/c1-9(2)13-6-3-10-5(4-11)7(12)8(6)14-9/h5-8,10-12H,3-4H2,1-2H3/t5-,6-,7-,8-/m1/s1. The summed E-state index contributed by atoms with van der Waals surface area (Å²) in [5.74, 6) is -0.637. The Balaban J connectivity index is 2.08. The van der Waals surface area contributed by atoms with Crippen molar-refractivity contribution in [2.24, 2.45) is 0 Å². The Morgan fingerprint density at radius 3 is 2.79 bits per heavy atom. The highest BCUT2D eigenvalue weighted by Gasteiger charge is 2.49. The average molecular weight is 203 g/mol. The van der Waals surface area contributed by atoms with Gasteiger partial charge in [0.2, 0.25) is 0 Å². The predicted molar refractivity (Wildman–Crippen MR) is 48.7 cm³/mol. The number of hydrogen-bond acceptors (Lipinski definition) is 5. The van der Waals surface area contributed by atoms with Gasteiger partial charge in [-0.25, -0.2) is 0 Å². The van der Waals surface area contributed by atoms with E-state index in [-0.39, 0.29) is 24.9 Å². The maximum atomic E-state index is 9.84. The lowest BCUT2D eigenvalue weighted by atomic mass is 9.97. The molecule has 82 valence electrons. The van der Waals surface area contributed by atoms with Gasteiger partial charge in [-0.1, -0.05) is 0 Å². The molecule has 2 rings (SSSR count). The van der Waals surface area contributed by atoms with Crippen LogP contribution in [0.4, 0.5) is 0 Å². The Kier molecular flexibility index (Phi) is 2.53. The molecule has 2 saturated heterocycles. The van der Waals surface area contributed by atoms with E-state index in [4.69, 9.17) is 14.6 Å². The van der Waals surface area contributed by atoms with Crippen LogP contribution >= 0.6 is 0 Å². The van der Waals surface area contributed by atoms with E-state index >= 15 is 0 Å². The van der Waals surface area contributed by atoms with Crippen molar-refractivity contribution in [3.05, 3.63) is 0 Å². The van der Waals surface area contributed by atoms with E-state index in [9.17, 15) is 5.11 Å². The monoisotopic (exact) mass is 203 g/mol. The minimum Gasteiger partial charge on any atom is -0.395 e. The highest BCUT2D eigenvalue weighted by atomic mass is 16.8. The van der Waals surface area contributed by atoms with E-state index in [1.54, 1.807) is 0 Å². The quantitative estimate of drug-likeness (QED) is 0.501. The van der Waals surface area contributed by atoms with E-state index < -0.39 is 11.9 Å². The molecule has 2 heterocycles. The lowest BCUT2D eigenvalue weighted by Gasteiger charge is -2.34. The van der Waals surface area contributed by atoms with Gasteiger partial charge in [-0.2, -0.15) is 0 Å². The number of nitrogens with one attached hydrogen (secondary N) is 1. The summed E-state index contributed by atoms with van der Waals surface area (Å²) in [6.07, 6.45) is -1.16. The van der Waals surface area contributed by atoms with Crippen LogP contribution < -0.4 is 5.32 Å². The van der Waals surface area contributed by atoms with Crippen molar-refractivity contribution in [1.29, 1.82) is 0 Å². The van der Waals surface area contributed by atoms with Crippen molar-refractivity contribution in [1.82, 2.24) is 5.32 Å². The summed E-state index contributed by atoms with van der Waals surface area (Å²) < 4.78 is 11.2. The van der Waals surface area contributed by atoms with Gasteiger partial charge in [0, 0.05) is 6.54 Å². The van der Waals surface area contributed by atoms with Gasteiger partial charge in [0.15, 0.2) is 5.79 Å². The summed E-state index contributed by atoms with van der Waals surface area (Å²) >= 11 is 0. The van der Waals surface area contributed by atoms with Crippen LogP contribution in [0, 0.1) is 0 Å². The number of hydrogen-bond donors (Lipinski definition) is 3. The van der Waals surface area contributed by atoms with E-state index in [2.05, 4.69) is 5.32 Å². The number of piperidine rings is 1. The second-order valence-electron chi connectivity index (χ2n) is 4.33. The van der Waals surface area contributed by atoms with Gasteiger partial charge in [0.05, 0.1) is 12.6 Å². The van der Waals surface area contributed by atoms with Crippen molar-refractivity contribution in [2.45, 2.75) is 44.0 Å². The fourth-order valence-corrected chi connectivity index (χ4v) is 2.10. The zero-order valence-electron chi connectivity index (χ0n) is 8.43. The third kappa shape index (κ3) is 1.66. The van der Waals surface area contributed by atoms with Crippen LogP contribution in [0.25, 0.3) is 0 Å². The van der Waals surface area contributed by atoms with E-state index in [0.717, 1.165) is 0 Å². The molecule has 0 spiro atoms. The van der Waals surface area contributed by atoms with E-state index in [1.165, 1.54) is 0 Å². The van der Waals surface area contributed by atoms with Crippen molar-refractivity contribution < 1.29 is 19.7 Å². The molecule has 0 amide bonds. The molecule has 0 saturated carbocycles. The number of aliphatic hydroxyl groups is 2. The fraction of sp³-hybridized carbons (Fsp3) is 1.00. The first-order valence-electron chi connectivity index (χ1n) is 4.91. The van der Waals surface area contributed by atoms with Crippen molar-refractivity contribution in [3.8, 4) is 0 Å². The van der Waals surface area contributed by atoms with Gasteiger partial charge in [-0.05, 0) is 13.8 Å². The Hall–Kier alpha value is -0.200. The molecular formula is C9H17NO4. The number of fused-ring (bicyclic) bond motifs is 1. The molecule has 0 radical (unpaired) electrons. The molecule has 14 heavy (non-hydrogen) atoms. The molecule has 0 aromatic carbocycles. The molecule has 5 heteroatoms. The summed E-state index contributed by atoms with van der Waals surface area (Å²) in [6.45, 7) is 4.17. The van der Waals surface area contributed by atoms with Gasteiger partial charge < -0.3 is 25.0 Å². The second-order valence-corrected chi connectivity index (χ2v) is 4.33. The summed E-state index contributed by atoms with van der Waals surface area (Å²) in [5.41, 5.74) is 0. The van der Waals surface area contributed by atoms with Crippen LogP contribution in [0.15, 0.2) is 0 Å². The molecule has 0 aliphatic carbocycles. The van der Waals surface area contributed by atoms with Crippen molar-refractivity contribution in [2.75, 3.05) is 13.2 Å². The third-order valence-corrected chi connectivity index (χ3v) is 2.75. The maximum absolute atomic E-state index is 9.84. The first-order valence-corrected chi connectivity index (χ1v) is 4.91. The molecular weight excluding hydrogens is 186 g/mol. The fourth-order valence-electron chi connectivity index (χ4n) is 2.10. The van der Waals surface area contributed by atoms with Crippen LogP contribution in [0.3, 0.4) is 0 Å². The Bertz CT molecular complexity index is 221. The minimum atomic E-state index is -0.708. The number of rotatable bonds is 1. The summed E-state index contributed by atoms with van der Waals surface area (Å²) in [7, 11) is 0. The zero-order valence-corrected chi connectivity index (χ0v) is 8.43. The summed E-state index contributed by atoms with van der Waals surface area (Å²) in [4.78, 5) is 0. The highest BCUT2D eigenvalue weighted by molar-refractivity contribution is 4.97. The Morgan fingerprint density at radius 2 is 2.14 bits per heavy atom. The zero-order chi connectivity index (χ0) is 10.3. The number of ether oxygens (including phenoxy) is 2. The molecule has 4 atom stereocenters. The highest BCUT2D eigenvalue weighted by Crippen LogP contribution is 2.32. The van der Waals surface area contributed by atoms with Crippen molar-refractivity contribution >= 4 is 0 Å². The predicted octanol–water partition coefficient (Wildman–Crippen LogP) is -1.17. The molecule has 2 aliphatic heterocycles. The Morgan fingerprint density at radius 1 is 1.43 bits per heavy atom. The largest absolute Gasteiger partial charge is 0.395 e. The van der Waals surface area contributed by atoms with Gasteiger partial charge in [0.1, 0.15) is 18.3 Å². The summed E-state index contributed by atoms with van der Waals surface area (Å²) in [6, 6.07) is -0.311. The average Bonchev–Trinajstić information content (AvgIpc) is 2.42. The van der Waals surface area contributed by atoms with Crippen LogP contribution in [0.2, 0.25) is 0 Å². The number of aliphatic hydroxyl groups excluding tert-OH is 2. The first kappa shape index (κ1) is 10.3. The third-order valence-electron chi connectivity index (χ3n) is 2.75. The lowest BCUT2D eigenvalue weighted by Crippen LogP contribution is -2.59. The van der Waals surface area contributed by atoms with Gasteiger partial charge in [-0.15, -0.1) is 0 Å². The molecule has 0 aromatic heterocycles. The molecule has 5 nitrogen and oxygen atoms in total. The molecule has 0 aromatic rings. The van der Waals surface area contributed by atoms with Gasteiger partial charge in [-0.3, -0.25) is 0 Å². The van der Waals surface area contributed by atoms with Gasteiger partial charge in [0.25, 0.3) is 0 Å². The van der Waals surface area contributed by atoms with Gasteiger partial charge >= 0.3 is 0 Å². The first-order chi connectivity index (χ1) is 6.53. The maximum Gasteiger partial charge on any atom is 0.163 e. The van der Waals surface area contributed by atoms with E-state index in [1.807, 2.05) is 13.8 Å². The smallest absolute Gasteiger partial charge is 0.163 e. The topological polar surface area (TPSA) is 71.0 Å². The molecule has 2 fully saturated rings. The summed E-state index contributed by atoms with van der Waals surface area (Å²) in [5, 5.41) is 21.9. The molecule has 3 N–H and O–H groups in total.